The first-order chi connectivity index (χ1) is 12.9. The van der Waals surface area contributed by atoms with Gasteiger partial charge in [0, 0.05) is 29.5 Å². The van der Waals surface area contributed by atoms with Gasteiger partial charge in [0.25, 0.3) is 0 Å². The molecule has 0 aliphatic carbocycles. The van der Waals surface area contributed by atoms with Crippen molar-refractivity contribution in [1.82, 2.24) is 4.31 Å². The molecule has 0 atom stereocenters. The molecule has 144 valence electrons. The fourth-order valence-corrected chi connectivity index (χ4v) is 6.00. The van der Waals surface area contributed by atoms with E-state index in [1.807, 2.05) is 0 Å². The maximum absolute atomic E-state index is 13.1. The zero-order valence-corrected chi connectivity index (χ0v) is 17.3. The lowest BCUT2D eigenvalue weighted by molar-refractivity contribution is 0.0992. The van der Waals surface area contributed by atoms with Gasteiger partial charge in [-0.2, -0.15) is 4.31 Å². The minimum Gasteiger partial charge on any atom is -0.508 e. The number of carbonyl (C=O) groups is 1. The van der Waals surface area contributed by atoms with Gasteiger partial charge in [0.1, 0.15) is 5.75 Å². The molecular formula is C20H22BrNO4S. The number of hydrogen-bond donors (Lipinski definition) is 1. The van der Waals surface area contributed by atoms with Gasteiger partial charge in [0.15, 0.2) is 5.78 Å². The summed E-state index contributed by atoms with van der Waals surface area (Å²) in [5.74, 6) is -0.114. The normalized spacial score (nSPS) is 16.0. The number of phenolic OH excluding ortho intramolecular Hbond substituents is 1. The number of hydrogen-bond acceptors (Lipinski definition) is 4. The Bertz CT molecular complexity index is 935. The van der Waals surface area contributed by atoms with E-state index in [2.05, 4.69) is 15.9 Å². The van der Waals surface area contributed by atoms with Crippen LogP contribution in [0.3, 0.4) is 0 Å². The van der Waals surface area contributed by atoms with Crippen LogP contribution in [0.1, 0.15) is 41.6 Å². The Kier molecular flexibility index (Phi) is 6.34. The Labute approximate surface area is 168 Å². The summed E-state index contributed by atoms with van der Waals surface area (Å²) >= 11 is 3.36. The average Bonchev–Trinajstić information content (AvgIpc) is 2.91. The molecule has 0 bridgehead atoms. The molecule has 2 aromatic rings. The van der Waals surface area contributed by atoms with Crippen LogP contribution in [0.15, 0.2) is 51.8 Å². The van der Waals surface area contributed by atoms with Crippen LogP contribution in [0.25, 0.3) is 0 Å². The molecule has 0 spiro atoms. The monoisotopic (exact) mass is 451 g/mol. The molecular weight excluding hydrogens is 430 g/mol. The lowest BCUT2D eigenvalue weighted by atomic mass is 10.0. The average molecular weight is 452 g/mol. The highest BCUT2D eigenvalue weighted by molar-refractivity contribution is 9.10. The van der Waals surface area contributed by atoms with E-state index >= 15 is 0 Å². The molecule has 0 radical (unpaired) electrons. The van der Waals surface area contributed by atoms with Crippen LogP contribution < -0.4 is 0 Å². The molecule has 1 aliphatic rings. The van der Waals surface area contributed by atoms with Crippen LogP contribution in [0.5, 0.6) is 5.75 Å². The van der Waals surface area contributed by atoms with Crippen molar-refractivity contribution in [3.8, 4) is 5.75 Å². The number of aromatic hydroxyl groups is 1. The number of sulfonamides is 1. The number of ketones is 1. The van der Waals surface area contributed by atoms with E-state index in [0.29, 0.717) is 28.7 Å². The summed E-state index contributed by atoms with van der Waals surface area (Å²) in [4.78, 5) is 12.9. The maximum Gasteiger partial charge on any atom is 0.244 e. The van der Waals surface area contributed by atoms with Crippen molar-refractivity contribution in [1.29, 1.82) is 0 Å². The predicted molar refractivity (Wildman–Crippen MR) is 108 cm³/mol. The molecule has 2 aromatic carbocycles. The molecule has 1 N–H and O–H groups in total. The molecule has 1 heterocycles. The molecule has 0 unspecified atom stereocenters. The van der Waals surface area contributed by atoms with Crippen LogP contribution >= 0.6 is 15.9 Å². The number of benzene rings is 2. The van der Waals surface area contributed by atoms with Gasteiger partial charge in [-0.1, -0.05) is 37.1 Å². The van der Waals surface area contributed by atoms with Gasteiger partial charge in [-0.05, 0) is 52.5 Å². The summed E-state index contributed by atoms with van der Waals surface area (Å²) in [5, 5.41) is 9.56. The van der Waals surface area contributed by atoms with Crippen molar-refractivity contribution < 1.29 is 18.3 Å². The fraction of sp³-hybridized carbons (Fsp3) is 0.350. The van der Waals surface area contributed by atoms with Crippen LogP contribution in [0.2, 0.25) is 0 Å². The Morgan fingerprint density at radius 3 is 2.37 bits per heavy atom. The third-order valence-corrected chi connectivity index (χ3v) is 7.78. The lowest BCUT2D eigenvalue weighted by Gasteiger charge is -2.21. The van der Waals surface area contributed by atoms with E-state index in [-0.39, 0.29) is 22.8 Å². The molecule has 1 saturated heterocycles. The van der Waals surface area contributed by atoms with Crippen LogP contribution in [-0.4, -0.2) is 36.7 Å². The zero-order chi connectivity index (χ0) is 19.4. The van der Waals surface area contributed by atoms with E-state index < -0.39 is 10.0 Å². The Hall–Kier alpha value is -1.70. The number of nitrogens with zero attached hydrogens (tertiary/aromatic N) is 1. The van der Waals surface area contributed by atoms with Crippen molar-refractivity contribution in [2.75, 3.05) is 13.1 Å². The summed E-state index contributed by atoms with van der Waals surface area (Å²) in [7, 11) is -3.66. The van der Waals surface area contributed by atoms with E-state index in [9.17, 15) is 18.3 Å². The highest BCUT2D eigenvalue weighted by atomic mass is 79.9. The Morgan fingerprint density at radius 1 is 1.04 bits per heavy atom. The molecule has 1 fully saturated rings. The van der Waals surface area contributed by atoms with E-state index in [4.69, 9.17) is 0 Å². The number of Topliss-reactive ketones (excluding diaryl/α,β-unsaturated/α-hetero) is 1. The second-order valence-electron chi connectivity index (χ2n) is 6.71. The first-order valence-electron chi connectivity index (χ1n) is 8.99. The van der Waals surface area contributed by atoms with Gasteiger partial charge in [0.05, 0.1) is 4.90 Å². The number of carbonyl (C=O) groups excluding carboxylic acids is 1. The van der Waals surface area contributed by atoms with E-state index in [0.717, 1.165) is 25.7 Å². The summed E-state index contributed by atoms with van der Waals surface area (Å²) in [6, 6.07) is 11.3. The smallest absolute Gasteiger partial charge is 0.244 e. The number of phenols is 1. The third kappa shape index (κ3) is 4.59. The number of halogens is 1. The fourth-order valence-electron chi connectivity index (χ4n) is 3.29. The topological polar surface area (TPSA) is 74.7 Å². The molecule has 1 aliphatic heterocycles. The van der Waals surface area contributed by atoms with E-state index in [1.165, 1.54) is 22.5 Å². The summed E-state index contributed by atoms with van der Waals surface area (Å²) in [5.41, 5.74) is 1.00. The highest BCUT2D eigenvalue weighted by Gasteiger charge is 2.28. The predicted octanol–water partition coefficient (Wildman–Crippen LogP) is 4.14. The molecule has 0 saturated carbocycles. The molecule has 5 nitrogen and oxygen atoms in total. The second kappa shape index (κ2) is 8.54. The van der Waals surface area contributed by atoms with Crippen molar-refractivity contribution in [2.24, 2.45) is 0 Å². The van der Waals surface area contributed by atoms with Crippen LogP contribution in [-0.2, 0) is 16.4 Å². The SMILES string of the molecule is O=C(Cc1cccc(O)c1)c1cccc(S(=O)(=O)N2CCCCCC2)c1Br. The third-order valence-electron chi connectivity index (χ3n) is 4.72. The molecule has 0 aromatic heterocycles. The van der Waals surface area contributed by atoms with Gasteiger partial charge < -0.3 is 5.11 Å². The van der Waals surface area contributed by atoms with Crippen molar-refractivity contribution in [2.45, 2.75) is 37.0 Å². The second-order valence-corrected chi connectivity index (χ2v) is 9.41. The van der Waals surface area contributed by atoms with Crippen LogP contribution in [0.4, 0.5) is 0 Å². The molecule has 3 rings (SSSR count). The van der Waals surface area contributed by atoms with Gasteiger partial charge in [0.2, 0.25) is 10.0 Å². The molecule has 7 heteroatoms. The minimum absolute atomic E-state index is 0.0835. The van der Waals surface area contributed by atoms with Crippen molar-refractivity contribution >= 4 is 31.7 Å². The standard InChI is InChI=1S/C20H22BrNO4S/c21-20-17(18(24)14-15-7-5-8-16(23)13-15)9-6-10-19(20)27(25,26)22-11-3-1-2-4-12-22/h5-10,13,23H,1-4,11-12,14H2. The quantitative estimate of drug-likeness (QED) is 0.692. The Balaban J connectivity index is 1.90. The largest absolute Gasteiger partial charge is 0.508 e. The van der Waals surface area contributed by atoms with Crippen LogP contribution in [0, 0.1) is 0 Å². The zero-order valence-electron chi connectivity index (χ0n) is 14.9. The van der Waals surface area contributed by atoms with Gasteiger partial charge in [-0.3, -0.25) is 4.79 Å². The maximum atomic E-state index is 13.1. The van der Waals surface area contributed by atoms with Crippen molar-refractivity contribution in [3.05, 3.63) is 58.1 Å². The summed E-state index contributed by atoms with van der Waals surface area (Å²) in [6.07, 6.45) is 3.87. The van der Waals surface area contributed by atoms with Gasteiger partial charge in [-0.15, -0.1) is 0 Å². The first kappa shape index (κ1) is 20.0. The highest BCUT2D eigenvalue weighted by Crippen LogP contribution is 2.30. The lowest BCUT2D eigenvalue weighted by Crippen LogP contribution is -2.32. The molecule has 0 amide bonds. The van der Waals surface area contributed by atoms with Gasteiger partial charge in [-0.25, -0.2) is 8.42 Å². The summed E-state index contributed by atoms with van der Waals surface area (Å²) in [6.45, 7) is 1.02. The molecule has 27 heavy (non-hydrogen) atoms. The minimum atomic E-state index is -3.66. The van der Waals surface area contributed by atoms with Crippen molar-refractivity contribution in [3.63, 3.8) is 0 Å². The summed E-state index contributed by atoms with van der Waals surface area (Å²) < 4.78 is 28.0. The number of rotatable bonds is 5. The van der Waals surface area contributed by atoms with Gasteiger partial charge >= 0.3 is 0 Å². The first-order valence-corrected chi connectivity index (χ1v) is 11.2. The Morgan fingerprint density at radius 2 is 1.70 bits per heavy atom. The van der Waals surface area contributed by atoms with E-state index in [1.54, 1.807) is 24.3 Å².